The maximum Gasteiger partial charge on any atom is 0.307 e. The summed E-state index contributed by atoms with van der Waals surface area (Å²) in [6.07, 6.45) is 7.57. The van der Waals surface area contributed by atoms with E-state index in [0.29, 0.717) is 6.61 Å². The molecule has 1 aliphatic heterocycles. The third-order valence-electron chi connectivity index (χ3n) is 4.95. The Hall–Kier alpha value is -2.81. The highest BCUT2D eigenvalue weighted by molar-refractivity contribution is 5.85. The summed E-state index contributed by atoms with van der Waals surface area (Å²) in [5, 5.41) is 9.15. The minimum Gasteiger partial charge on any atom is -0.488 e. The van der Waals surface area contributed by atoms with Gasteiger partial charge in [-0.05, 0) is 60.6 Å². The number of carboxylic acid groups (broad SMARTS) is 1. The van der Waals surface area contributed by atoms with Gasteiger partial charge in [0, 0.05) is 5.56 Å². The Balaban J connectivity index is 2.02. The molecule has 0 saturated carbocycles. The molecule has 0 atom stereocenters. The van der Waals surface area contributed by atoms with Gasteiger partial charge in [-0.2, -0.15) is 0 Å². The fraction of sp³-hybridized carbons (Fsp3) is 0.292. The Morgan fingerprint density at radius 3 is 2.74 bits per heavy atom. The molecule has 0 radical (unpaired) electrons. The van der Waals surface area contributed by atoms with Crippen LogP contribution < -0.4 is 4.74 Å². The molecule has 0 spiro atoms. The van der Waals surface area contributed by atoms with Crippen LogP contribution in [0.4, 0.5) is 0 Å². The van der Waals surface area contributed by atoms with Crippen molar-refractivity contribution in [3.63, 3.8) is 0 Å². The lowest BCUT2D eigenvalue weighted by molar-refractivity contribution is -0.136. The van der Waals surface area contributed by atoms with E-state index in [1.54, 1.807) is 0 Å². The molecule has 0 fully saturated rings. The Labute approximate surface area is 161 Å². The number of rotatable bonds is 6. The first kappa shape index (κ1) is 19.0. The molecule has 0 bridgehead atoms. The van der Waals surface area contributed by atoms with Crippen LogP contribution in [-0.2, 0) is 17.8 Å². The van der Waals surface area contributed by atoms with E-state index < -0.39 is 5.97 Å². The summed E-state index contributed by atoms with van der Waals surface area (Å²) in [6.45, 7) is 4.85. The minimum atomic E-state index is -0.824. The molecule has 0 saturated heterocycles. The number of carbonyl (C=O) groups is 1. The van der Waals surface area contributed by atoms with Crippen molar-refractivity contribution in [1.82, 2.24) is 0 Å². The standard InChI is InChI=1S/C24H26O3/c1-3-17(2)8-4-6-11-21-20-10-7-5-9-19(20)16-27-23-13-12-18(14-22(21)23)15-24(25)26/h5,7-14H,3-4,6,15-16H2,1-2H3,(H,25,26)/b17-8+,21-11-. The lowest BCUT2D eigenvalue weighted by atomic mass is 9.92. The largest absolute Gasteiger partial charge is 0.488 e. The molecule has 140 valence electrons. The number of carboxylic acids is 1. The van der Waals surface area contributed by atoms with Crippen LogP contribution in [0.2, 0.25) is 0 Å². The number of hydrogen-bond donors (Lipinski definition) is 1. The van der Waals surface area contributed by atoms with Gasteiger partial charge in [0.05, 0.1) is 6.42 Å². The Kier molecular flexibility index (Phi) is 6.12. The number of benzene rings is 2. The minimum absolute atomic E-state index is 0.0145. The van der Waals surface area contributed by atoms with Gasteiger partial charge in [0.25, 0.3) is 0 Å². The zero-order valence-corrected chi connectivity index (χ0v) is 16.0. The molecule has 0 amide bonds. The Morgan fingerprint density at radius 1 is 1.15 bits per heavy atom. The summed E-state index contributed by atoms with van der Waals surface area (Å²) in [5.41, 5.74) is 6.63. The summed E-state index contributed by atoms with van der Waals surface area (Å²) >= 11 is 0. The number of fused-ring (bicyclic) bond motifs is 2. The third-order valence-corrected chi connectivity index (χ3v) is 4.95. The van der Waals surface area contributed by atoms with Crippen molar-refractivity contribution in [2.45, 2.75) is 46.1 Å². The third kappa shape index (κ3) is 4.68. The van der Waals surface area contributed by atoms with Crippen molar-refractivity contribution in [3.05, 3.63) is 82.4 Å². The quantitative estimate of drug-likeness (QED) is 0.524. The normalized spacial score (nSPS) is 14.9. The van der Waals surface area contributed by atoms with E-state index in [1.807, 2.05) is 30.3 Å². The monoisotopic (exact) mass is 362 g/mol. The highest BCUT2D eigenvalue weighted by Crippen LogP contribution is 2.37. The molecule has 1 N–H and O–H groups in total. The molecule has 2 aromatic carbocycles. The Morgan fingerprint density at radius 2 is 1.96 bits per heavy atom. The van der Waals surface area contributed by atoms with E-state index >= 15 is 0 Å². The number of hydrogen-bond acceptors (Lipinski definition) is 2. The van der Waals surface area contributed by atoms with Crippen LogP contribution >= 0.6 is 0 Å². The first-order valence-corrected chi connectivity index (χ1v) is 9.50. The fourth-order valence-electron chi connectivity index (χ4n) is 3.33. The highest BCUT2D eigenvalue weighted by Gasteiger charge is 2.19. The van der Waals surface area contributed by atoms with Gasteiger partial charge >= 0.3 is 5.97 Å². The van der Waals surface area contributed by atoms with Crippen molar-refractivity contribution in [2.75, 3.05) is 0 Å². The first-order chi connectivity index (χ1) is 13.1. The lowest BCUT2D eigenvalue weighted by Gasteiger charge is -2.12. The number of aliphatic carboxylic acids is 1. The van der Waals surface area contributed by atoms with Crippen LogP contribution in [0.1, 0.15) is 55.4 Å². The maximum atomic E-state index is 11.1. The average molecular weight is 362 g/mol. The van der Waals surface area contributed by atoms with E-state index in [4.69, 9.17) is 9.84 Å². The zero-order chi connectivity index (χ0) is 19.2. The molecule has 2 aromatic rings. The summed E-state index contributed by atoms with van der Waals surface area (Å²) in [7, 11) is 0. The van der Waals surface area contributed by atoms with Gasteiger partial charge in [0.1, 0.15) is 12.4 Å². The van der Waals surface area contributed by atoms with Gasteiger partial charge in [0.15, 0.2) is 0 Å². The van der Waals surface area contributed by atoms with Crippen LogP contribution in [0.3, 0.4) is 0 Å². The topological polar surface area (TPSA) is 46.5 Å². The molecular formula is C24H26O3. The van der Waals surface area contributed by atoms with Gasteiger partial charge in [-0.1, -0.05) is 55.0 Å². The summed E-state index contributed by atoms with van der Waals surface area (Å²) in [4.78, 5) is 11.1. The van der Waals surface area contributed by atoms with E-state index in [2.05, 4.69) is 38.1 Å². The Bertz CT molecular complexity index is 890. The summed E-state index contributed by atoms with van der Waals surface area (Å²) < 4.78 is 6.03. The van der Waals surface area contributed by atoms with Gasteiger partial charge in [-0.15, -0.1) is 0 Å². The molecule has 1 heterocycles. The van der Waals surface area contributed by atoms with Crippen LogP contribution in [0.5, 0.6) is 5.75 Å². The molecule has 3 rings (SSSR count). The second kappa shape index (κ2) is 8.72. The van der Waals surface area contributed by atoms with E-state index in [9.17, 15) is 4.79 Å². The van der Waals surface area contributed by atoms with Gasteiger partial charge < -0.3 is 9.84 Å². The van der Waals surface area contributed by atoms with Crippen molar-refractivity contribution in [2.24, 2.45) is 0 Å². The predicted octanol–water partition coefficient (Wildman–Crippen LogP) is 5.77. The smallest absolute Gasteiger partial charge is 0.307 e. The number of unbranched alkanes of at least 4 members (excludes halogenated alkanes) is 1. The van der Waals surface area contributed by atoms with Crippen LogP contribution in [0.25, 0.3) is 5.57 Å². The van der Waals surface area contributed by atoms with Crippen LogP contribution in [0, 0.1) is 0 Å². The van der Waals surface area contributed by atoms with E-state index in [0.717, 1.165) is 47.3 Å². The van der Waals surface area contributed by atoms with E-state index in [1.165, 1.54) is 11.1 Å². The summed E-state index contributed by atoms with van der Waals surface area (Å²) in [5.74, 6) is -0.0116. The van der Waals surface area contributed by atoms with E-state index in [-0.39, 0.29) is 6.42 Å². The average Bonchev–Trinajstić information content (AvgIpc) is 2.81. The molecule has 27 heavy (non-hydrogen) atoms. The molecular weight excluding hydrogens is 336 g/mol. The van der Waals surface area contributed by atoms with Crippen molar-refractivity contribution >= 4 is 11.5 Å². The second-order valence-corrected chi connectivity index (χ2v) is 6.95. The van der Waals surface area contributed by atoms with Gasteiger partial charge in [-0.3, -0.25) is 4.79 Å². The molecule has 0 aliphatic carbocycles. The molecule has 3 heteroatoms. The van der Waals surface area contributed by atoms with Crippen LogP contribution in [0.15, 0.2) is 60.2 Å². The molecule has 0 aromatic heterocycles. The molecule has 0 unspecified atom stereocenters. The molecule has 1 aliphatic rings. The maximum absolute atomic E-state index is 11.1. The van der Waals surface area contributed by atoms with Crippen molar-refractivity contribution in [3.8, 4) is 5.75 Å². The second-order valence-electron chi connectivity index (χ2n) is 6.95. The first-order valence-electron chi connectivity index (χ1n) is 9.50. The predicted molar refractivity (Wildman–Crippen MR) is 109 cm³/mol. The van der Waals surface area contributed by atoms with Crippen LogP contribution in [-0.4, -0.2) is 11.1 Å². The van der Waals surface area contributed by atoms with Gasteiger partial charge in [0.2, 0.25) is 0 Å². The van der Waals surface area contributed by atoms with Gasteiger partial charge in [-0.25, -0.2) is 0 Å². The number of ether oxygens (including phenoxy) is 1. The van der Waals surface area contributed by atoms with Crippen molar-refractivity contribution < 1.29 is 14.6 Å². The molecule has 3 nitrogen and oxygen atoms in total. The fourth-order valence-corrected chi connectivity index (χ4v) is 3.33. The summed E-state index contributed by atoms with van der Waals surface area (Å²) in [6, 6.07) is 14.0. The SMILES string of the molecule is CC/C(C)=C/CC/C=C1/c2ccccc2COc2ccc(CC(=O)O)cc21. The highest BCUT2D eigenvalue weighted by atomic mass is 16.5. The van der Waals surface area contributed by atoms with Crippen molar-refractivity contribution in [1.29, 1.82) is 0 Å². The lowest BCUT2D eigenvalue weighted by Crippen LogP contribution is -2.01. The number of allylic oxidation sites excluding steroid dienone is 3. The zero-order valence-electron chi connectivity index (χ0n) is 16.0.